The van der Waals surface area contributed by atoms with Crippen molar-refractivity contribution in [3.05, 3.63) is 23.8 Å². The Labute approximate surface area is 127 Å². The molecule has 3 aliphatic carbocycles. The fourth-order valence-electron chi connectivity index (χ4n) is 4.29. The van der Waals surface area contributed by atoms with Gasteiger partial charge in [0.2, 0.25) is 0 Å². The zero-order valence-corrected chi connectivity index (χ0v) is 11.6. The summed E-state index contributed by atoms with van der Waals surface area (Å²) in [4.78, 5) is 11.9. The lowest BCUT2D eigenvalue weighted by Crippen LogP contribution is -2.39. The lowest BCUT2D eigenvalue weighted by atomic mass is 9.63. The van der Waals surface area contributed by atoms with Gasteiger partial charge in [-0.2, -0.15) is 21.0 Å². The number of rotatable bonds is 1. The molecule has 0 radical (unpaired) electrons. The molecule has 0 saturated heterocycles. The molecule has 6 heteroatoms. The van der Waals surface area contributed by atoms with E-state index in [1.54, 1.807) is 18.2 Å². The van der Waals surface area contributed by atoms with E-state index in [1.807, 2.05) is 24.3 Å². The predicted octanol–water partition coefficient (Wildman–Crippen LogP) is 1.21. The molecule has 4 atom stereocenters. The number of ether oxygens (including phenoxy) is 1. The summed E-state index contributed by atoms with van der Waals surface area (Å²) in [5.41, 5.74) is -3.12. The number of carbonyl (C=O) groups is 1. The summed E-state index contributed by atoms with van der Waals surface area (Å²) in [6.45, 7) is 0. The molecule has 1 saturated carbocycles. The molecule has 0 spiro atoms. The van der Waals surface area contributed by atoms with E-state index in [0.29, 0.717) is 5.57 Å². The van der Waals surface area contributed by atoms with Crippen LogP contribution < -0.4 is 0 Å². The van der Waals surface area contributed by atoms with E-state index in [4.69, 9.17) is 4.74 Å². The highest BCUT2D eigenvalue weighted by Gasteiger charge is 2.75. The minimum absolute atomic E-state index is 0.298. The first-order chi connectivity index (χ1) is 10.6. The quantitative estimate of drug-likeness (QED) is 0.528. The number of carbonyl (C=O) groups excluding carboxylic acids is 1. The second kappa shape index (κ2) is 4.20. The Bertz CT molecular complexity index is 768. The minimum Gasteiger partial charge on any atom is -0.466 e. The van der Waals surface area contributed by atoms with Crippen LogP contribution in [0, 0.1) is 79.8 Å². The van der Waals surface area contributed by atoms with Gasteiger partial charge < -0.3 is 4.74 Å². The first-order valence-electron chi connectivity index (χ1n) is 6.70. The number of nitriles is 4. The maximum Gasteiger partial charge on any atom is 0.334 e. The van der Waals surface area contributed by atoms with Crippen molar-refractivity contribution in [1.29, 1.82) is 21.0 Å². The average Bonchev–Trinajstić information content (AvgIpc) is 3.19. The van der Waals surface area contributed by atoms with E-state index in [-0.39, 0.29) is 11.8 Å². The van der Waals surface area contributed by atoms with Crippen LogP contribution in [0.15, 0.2) is 23.8 Å². The lowest BCUT2D eigenvalue weighted by Gasteiger charge is -2.28. The Morgan fingerprint density at radius 3 is 2.09 bits per heavy atom. The van der Waals surface area contributed by atoms with Crippen LogP contribution in [0.3, 0.4) is 0 Å². The summed E-state index contributed by atoms with van der Waals surface area (Å²) in [7, 11) is 1.27. The molecule has 3 rings (SSSR count). The van der Waals surface area contributed by atoms with Gasteiger partial charge in [0.15, 0.2) is 10.8 Å². The van der Waals surface area contributed by atoms with E-state index in [2.05, 4.69) is 0 Å². The summed E-state index contributed by atoms with van der Waals surface area (Å²) < 4.78 is 4.75. The molecule has 3 aliphatic rings. The van der Waals surface area contributed by atoms with Crippen molar-refractivity contribution in [2.75, 3.05) is 7.11 Å². The Kier molecular flexibility index (Phi) is 2.65. The maximum atomic E-state index is 11.9. The first kappa shape index (κ1) is 13.9. The fourth-order valence-corrected chi connectivity index (χ4v) is 4.29. The summed E-state index contributed by atoms with van der Waals surface area (Å²) in [6, 6.07) is 7.70. The van der Waals surface area contributed by atoms with Crippen LogP contribution >= 0.6 is 0 Å². The monoisotopic (exact) mass is 290 g/mol. The van der Waals surface area contributed by atoms with Gasteiger partial charge in [0, 0.05) is 23.3 Å². The minimum atomic E-state index is -1.79. The normalized spacial score (nSPS) is 34.5. The second-order valence-corrected chi connectivity index (χ2v) is 5.72. The van der Waals surface area contributed by atoms with Gasteiger partial charge in [-0.05, 0) is 5.92 Å². The van der Waals surface area contributed by atoms with Gasteiger partial charge in [-0.15, -0.1) is 0 Å². The van der Waals surface area contributed by atoms with Crippen molar-refractivity contribution >= 4 is 5.97 Å². The van der Waals surface area contributed by atoms with Crippen LogP contribution in [-0.4, -0.2) is 13.1 Å². The van der Waals surface area contributed by atoms with Gasteiger partial charge in [0.1, 0.15) is 0 Å². The molecular weight excluding hydrogens is 280 g/mol. The van der Waals surface area contributed by atoms with E-state index < -0.39 is 28.6 Å². The smallest absolute Gasteiger partial charge is 0.334 e. The molecule has 0 heterocycles. The van der Waals surface area contributed by atoms with Gasteiger partial charge in [0.25, 0.3) is 0 Å². The summed E-state index contributed by atoms with van der Waals surface area (Å²) in [5, 5.41) is 38.4. The Morgan fingerprint density at radius 2 is 1.59 bits per heavy atom. The number of esters is 1. The van der Waals surface area contributed by atoms with Crippen LogP contribution in [0.4, 0.5) is 0 Å². The fraction of sp³-hybridized carbons (Fsp3) is 0.438. The maximum absolute atomic E-state index is 11.9. The van der Waals surface area contributed by atoms with E-state index in [0.717, 1.165) is 0 Å². The average molecular weight is 290 g/mol. The number of hydrogen-bond donors (Lipinski definition) is 0. The van der Waals surface area contributed by atoms with Crippen LogP contribution in [0.25, 0.3) is 0 Å². The highest BCUT2D eigenvalue weighted by Crippen LogP contribution is 2.69. The Hall–Kier alpha value is -3.09. The van der Waals surface area contributed by atoms with Gasteiger partial charge in [-0.25, -0.2) is 4.79 Å². The number of nitrogens with zero attached hydrogens (tertiary/aromatic N) is 4. The van der Waals surface area contributed by atoms with E-state index in [9.17, 15) is 25.8 Å². The third kappa shape index (κ3) is 1.15. The second-order valence-electron chi connectivity index (χ2n) is 5.72. The van der Waals surface area contributed by atoms with E-state index in [1.165, 1.54) is 7.11 Å². The van der Waals surface area contributed by atoms with Gasteiger partial charge in [0.05, 0.1) is 31.4 Å². The van der Waals surface area contributed by atoms with Crippen LogP contribution in [0.2, 0.25) is 0 Å². The summed E-state index contributed by atoms with van der Waals surface area (Å²) >= 11 is 0. The van der Waals surface area contributed by atoms with Crippen molar-refractivity contribution in [1.82, 2.24) is 0 Å². The molecule has 0 aromatic heterocycles. The third-order valence-corrected chi connectivity index (χ3v) is 5.24. The largest absolute Gasteiger partial charge is 0.466 e. The number of hydrogen-bond acceptors (Lipinski definition) is 6. The molecule has 0 unspecified atom stereocenters. The molecule has 1 fully saturated rings. The van der Waals surface area contributed by atoms with Crippen LogP contribution in [0.1, 0.15) is 0 Å². The molecule has 106 valence electrons. The molecule has 6 nitrogen and oxygen atoms in total. The zero-order chi connectivity index (χ0) is 16.1. The number of allylic oxidation sites excluding steroid dienone is 3. The van der Waals surface area contributed by atoms with Crippen molar-refractivity contribution in [2.45, 2.75) is 0 Å². The predicted molar refractivity (Wildman–Crippen MR) is 70.5 cm³/mol. The standard InChI is InChI=1S/C16H10N4O2/c1-22-14(21)10-4-12-13-9(10)2-3-11(13)15(5-17,6-18)16(12,7-19)8-20/h2-4,9,11-13H,1H3/t9-,11-,12-,13-/m1/s1. The van der Waals surface area contributed by atoms with Crippen molar-refractivity contribution in [2.24, 2.45) is 34.5 Å². The SMILES string of the molecule is COC(=O)C1=C[C@@H]2[C@@H]3[C@@H]1C=C[C@H]3C(C#N)(C#N)C2(C#N)C#N. The Balaban J connectivity index is 2.27. The van der Waals surface area contributed by atoms with Crippen molar-refractivity contribution in [3.8, 4) is 24.3 Å². The van der Waals surface area contributed by atoms with Gasteiger partial charge in [-0.1, -0.05) is 18.2 Å². The van der Waals surface area contributed by atoms with Crippen molar-refractivity contribution in [3.63, 3.8) is 0 Å². The van der Waals surface area contributed by atoms with E-state index >= 15 is 0 Å². The van der Waals surface area contributed by atoms with Gasteiger partial charge in [-0.3, -0.25) is 0 Å². The molecule has 22 heavy (non-hydrogen) atoms. The highest BCUT2D eigenvalue weighted by molar-refractivity contribution is 5.90. The first-order valence-corrected chi connectivity index (χ1v) is 6.70. The zero-order valence-electron chi connectivity index (χ0n) is 11.6. The lowest BCUT2D eigenvalue weighted by molar-refractivity contribution is -0.136. The number of methoxy groups -OCH3 is 1. The molecular formula is C16H10N4O2. The topological polar surface area (TPSA) is 121 Å². The summed E-state index contributed by atoms with van der Waals surface area (Å²) in [6.07, 6.45) is 5.03. The molecule has 0 amide bonds. The molecule has 0 aromatic rings. The summed E-state index contributed by atoms with van der Waals surface area (Å²) in [5.74, 6) is -2.30. The molecule has 0 aliphatic heterocycles. The van der Waals surface area contributed by atoms with Gasteiger partial charge >= 0.3 is 5.97 Å². The Morgan fingerprint density at radius 1 is 1.05 bits per heavy atom. The highest BCUT2D eigenvalue weighted by atomic mass is 16.5. The van der Waals surface area contributed by atoms with Crippen LogP contribution in [0.5, 0.6) is 0 Å². The molecule has 0 N–H and O–H groups in total. The molecule has 0 bridgehead atoms. The van der Waals surface area contributed by atoms with Crippen molar-refractivity contribution < 1.29 is 9.53 Å². The molecule has 0 aromatic carbocycles. The third-order valence-electron chi connectivity index (χ3n) is 5.24. The van der Waals surface area contributed by atoms with Crippen LogP contribution in [-0.2, 0) is 9.53 Å².